The first kappa shape index (κ1) is 27.9. The van der Waals surface area contributed by atoms with Gasteiger partial charge in [-0.15, -0.1) is 28.1 Å². The minimum Gasteiger partial charge on any atom is -0.486 e. The highest BCUT2D eigenvalue weighted by atomic mass is 32.2. The van der Waals surface area contributed by atoms with Crippen LogP contribution in [-0.4, -0.2) is 39.0 Å². The van der Waals surface area contributed by atoms with Gasteiger partial charge in [-0.1, -0.05) is 43.8 Å². The molecule has 1 aliphatic rings. The van der Waals surface area contributed by atoms with Crippen molar-refractivity contribution in [1.29, 1.82) is 0 Å². The highest BCUT2D eigenvalue weighted by molar-refractivity contribution is 7.99. The number of carbonyl (C=O) groups is 2. The van der Waals surface area contributed by atoms with Crippen LogP contribution in [0.1, 0.15) is 59.4 Å². The second kappa shape index (κ2) is 13.1. The first-order chi connectivity index (χ1) is 18.4. The number of hydrogen-bond acceptors (Lipinski definition) is 8. The van der Waals surface area contributed by atoms with E-state index >= 15 is 0 Å². The zero-order valence-corrected chi connectivity index (χ0v) is 23.8. The topological polar surface area (TPSA) is 95.3 Å². The maximum Gasteiger partial charge on any atom is 0.341 e. The number of thiophene rings is 1. The molecule has 4 rings (SSSR count). The second-order valence-corrected chi connectivity index (χ2v) is 11.2. The van der Waals surface area contributed by atoms with Crippen molar-refractivity contribution in [3.8, 4) is 5.75 Å². The van der Waals surface area contributed by atoms with Crippen LogP contribution in [0.5, 0.6) is 5.75 Å². The number of fused-ring (bicyclic) bond motifs is 1. The molecule has 8 nitrogen and oxygen atoms in total. The molecule has 1 atom stereocenters. The monoisotopic (exact) mass is 554 g/mol. The summed E-state index contributed by atoms with van der Waals surface area (Å²) in [5.74, 6) is 1.50. The maximum absolute atomic E-state index is 13.0. The molecule has 2 aromatic heterocycles. The van der Waals surface area contributed by atoms with Crippen LogP contribution < -0.4 is 10.1 Å². The average molecular weight is 555 g/mol. The largest absolute Gasteiger partial charge is 0.486 e. The molecule has 1 amide bonds. The van der Waals surface area contributed by atoms with Crippen molar-refractivity contribution in [2.45, 2.75) is 64.8 Å². The van der Waals surface area contributed by atoms with E-state index in [1.807, 2.05) is 28.8 Å². The molecule has 202 valence electrons. The lowest BCUT2D eigenvalue weighted by Crippen LogP contribution is -2.18. The molecule has 0 spiro atoms. The van der Waals surface area contributed by atoms with E-state index in [1.54, 1.807) is 13.0 Å². The van der Waals surface area contributed by atoms with Crippen LogP contribution in [0.25, 0.3) is 0 Å². The van der Waals surface area contributed by atoms with E-state index < -0.39 is 0 Å². The molecule has 1 aromatic carbocycles. The van der Waals surface area contributed by atoms with Gasteiger partial charge in [-0.25, -0.2) is 4.79 Å². The van der Waals surface area contributed by atoms with Gasteiger partial charge in [0.05, 0.1) is 17.9 Å². The summed E-state index contributed by atoms with van der Waals surface area (Å²) >= 11 is 2.77. The van der Waals surface area contributed by atoms with Gasteiger partial charge in [-0.3, -0.25) is 9.36 Å². The fourth-order valence-corrected chi connectivity index (χ4v) is 6.55. The Hall–Kier alpha value is -3.11. The maximum atomic E-state index is 13.0. The molecule has 1 aliphatic carbocycles. The summed E-state index contributed by atoms with van der Waals surface area (Å²) in [6.45, 7) is 11.0. The van der Waals surface area contributed by atoms with Gasteiger partial charge in [0, 0.05) is 11.4 Å². The van der Waals surface area contributed by atoms with Crippen molar-refractivity contribution >= 4 is 40.0 Å². The average Bonchev–Trinajstić information content (AvgIpc) is 3.46. The molecule has 0 aliphatic heterocycles. The lowest BCUT2D eigenvalue weighted by Gasteiger charge is -2.18. The smallest absolute Gasteiger partial charge is 0.341 e. The summed E-state index contributed by atoms with van der Waals surface area (Å²) in [6.07, 6.45) is 5.49. The zero-order valence-electron chi connectivity index (χ0n) is 22.1. The van der Waals surface area contributed by atoms with Crippen molar-refractivity contribution in [1.82, 2.24) is 14.8 Å². The van der Waals surface area contributed by atoms with Crippen molar-refractivity contribution in [3.63, 3.8) is 0 Å². The molecule has 38 heavy (non-hydrogen) atoms. The summed E-state index contributed by atoms with van der Waals surface area (Å²) in [5.41, 5.74) is 2.78. The Morgan fingerprint density at radius 2 is 2.05 bits per heavy atom. The SMILES string of the molecule is C=CCn1c(COc2ccc(CC)cc2)nnc1SCC(=O)Nc1sc2c(c1C(=O)OCC)CCC(C)C2. The van der Waals surface area contributed by atoms with Gasteiger partial charge in [0.1, 0.15) is 17.4 Å². The van der Waals surface area contributed by atoms with Gasteiger partial charge < -0.3 is 14.8 Å². The second-order valence-electron chi connectivity index (χ2n) is 9.20. The molecule has 0 saturated heterocycles. The fraction of sp³-hybridized carbons (Fsp3) is 0.429. The van der Waals surface area contributed by atoms with Crippen LogP contribution in [0.4, 0.5) is 5.00 Å². The van der Waals surface area contributed by atoms with Crippen molar-refractivity contribution in [2.75, 3.05) is 17.7 Å². The molecular formula is C28H34N4O4S2. The van der Waals surface area contributed by atoms with E-state index in [2.05, 4.69) is 35.9 Å². The summed E-state index contributed by atoms with van der Waals surface area (Å²) in [7, 11) is 0. The Balaban J connectivity index is 1.42. The van der Waals surface area contributed by atoms with Crippen molar-refractivity contribution in [3.05, 3.63) is 64.3 Å². The summed E-state index contributed by atoms with van der Waals surface area (Å²) in [4.78, 5) is 26.9. The Morgan fingerprint density at radius 1 is 1.26 bits per heavy atom. The van der Waals surface area contributed by atoms with Gasteiger partial charge in [0.25, 0.3) is 0 Å². The number of anilines is 1. The number of carbonyl (C=O) groups excluding carboxylic acids is 2. The van der Waals surface area contributed by atoms with E-state index in [9.17, 15) is 9.59 Å². The van der Waals surface area contributed by atoms with E-state index in [0.29, 0.717) is 34.0 Å². The van der Waals surface area contributed by atoms with Gasteiger partial charge in [0.15, 0.2) is 11.0 Å². The Kier molecular flexibility index (Phi) is 9.63. The lowest BCUT2D eigenvalue weighted by molar-refractivity contribution is -0.113. The van der Waals surface area contributed by atoms with Crippen LogP contribution >= 0.6 is 23.1 Å². The van der Waals surface area contributed by atoms with Crippen LogP contribution in [0.2, 0.25) is 0 Å². The van der Waals surface area contributed by atoms with Gasteiger partial charge in [-0.2, -0.15) is 0 Å². The Morgan fingerprint density at radius 3 is 2.76 bits per heavy atom. The number of aryl methyl sites for hydroxylation is 1. The third-order valence-electron chi connectivity index (χ3n) is 6.38. The van der Waals surface area contributed by atoms with E-state index in [4.69, 9.17) is 9.47 Å². The molecule has 10 heteroatoms. The van der Waals surface area contributed by atoms with E-state index in [-0.39, 0.29) is 30.8 Å². The fourth-order valence-electron chi connectivity index (χ4n) is 4.37. The Bertz CT molecular complexity index is 1280. The van der Waals surface area contributed by atoms with E-state index in [1.165, 1.54) is 28.7 Å². The van der Waals surface area contributed by atoms with Crippen LogP contribution in [0.3, 0.4) is 0 Å². The number of esters is 1. The highest BCUT2D eigenvalue weighted by Gasteiger charge is 2.29. The minimum absolute atomic E-state index is 0.121. The summed E-state index contributed by atoms with van der Waals surface area (Å²) in [6, 6.07) is 7.98. The first-order valence-electron chi connectivity index (χ1n) is 12.9. The molecule has 2 heterocycles. The number of nitrogens with zero attached hydrogens (tertiary/aromatic N) is 3. The van der Waals surface area contributed by atoms with Crippen molar-refractivity contribution < 1.29 is 19.1 Å². The number of benzene rings is 1. The predicted molar refractivity (Wildman–Crippen MR) is 151 cm³/mol. The lowest BCUT2D eigenvalue weighted by atomic mass is 9.88. The van der Waals surface area contributed by atoms with Gasteiger partial charge in [0.2, 0.25) is 5.91 Å². The van der Waals surface area contributed by atoms with Crippen LogP contribution in [0, 0.1) is 5.92 Å². The van der Waals surface area contributed by atoms with Crippen LogP contribution in [-0.2, 0) is 41.9 Å². The number of aromatic nitrogens is 3. The molecular weight excluding hydrogens is 520 g/mol. The number of ether oxygens (including phenoxy) is 2. The third-order valence-corrected chi connectivity index (χ3v) is 8.52. The Labute approximate surface area is 231 Å². The van der Waals surface area contributed by atoms with E-state index in [0.717, 1.165) is 41.9 Å². The zero-order chi connectivity index (χ0) is 27.1. The quantitative estimate of drug-likeness (QED) is 0.174. The summed E-state index contributed by atoms with van der Waals surface area (Å²) in [5, 5.41) is 12.7. The number of amides is 1. The standard InChI is InChI=1S/C28H34N4O4S2/c1-5-14-32-23(16-36-20-11-9-19(6-2)10-12-20)30-31-28(32)37-17-24(33)29-26-25(27(34)35-7-3)21-13-8-18(4)15-22(21)38-26/h5,9-12,18H,1,6-8,13-17H2,2-4H3,(H,29,33). The molecule has 0 saturated carbocycles. The molecule has 1 unspecified atom stereocenters. The molecule has 0 fully saturated rings. The normalized spacial score (nSPS) is 14.6. The third kappa shape index (κ3) is 6.66. The number of nitrogens with one attached hydrogen (secondary N) is 1. The summed E-state index contributed by atoms with van der Waals surface area (Å²) < 4.78 is 13.1. The molecule has 1 N–H and O–H groups in total. The molecule has 0 radical (unpaired) electrons. The molecule has 0 bridgehead atoms. The highest BCUT2D eigenvalue weighted by Crippen LogP contribution is 2.40. The minimum atomic E-state index is -0.373. The molecule has 3 aromatic rings. The number of rotatable bonds is 12. The van der Waals surface area contributed by atoms with Gasteiger partial charge >= 0.3 is 5.97 Å². The first-order valence-corrected chi connectivity index (χ1v) is 14.7. The number of thioether (sulfide) groups is 1. The number of allylic oxidation sites excluding steroid dienone is 1. The predicted octanol–water partition coefficient (Wildman–Crippen LogP) is 5.70. The van der Waals surface area contributed by atoms with Crippen LogP contribution in [0.15, 0.2) is 42.1 Å². The van der Waals surface area contributed by atoms with Gasteiger partial charge in [-0.05, 0) is 61.8 Å². The number of hydrogen-bond donors (Lipinski definition) is 1. The van der Waals surface area contributed by atoms with Crippen molar-refractivity contribution in [2.24, 2.45) is 5.92 Å².